The summed E-state index contributed by atoms with van der Waals surface area (Å²) in [6.45, 7) is 12.7. The Morgan fingerprint density at radius 2 is 1.82 bits per heavy atom. The molecule has 5 rings (SSSR count). The van der Waals surface area contributed by atoms with Crippen LogP contribution in [0.5, 0.6) is 0 Å². The van der Waals surface area contributed by atoms with Crippen LogP contribution in [-0.2, 0) is 19.1 Å². The van der Waals surface area contributed by atoms with E-state index in [9.17, 15) is 14.4 Å². The van der Waals surface area contributed by atoms with Crippen LogP contribution in [0.3, 0.4) is 0 Å². The number of likely N-dealkylation sites (tertiary alicyclic amines) is 1. The van der Waals surface area contributed by atoms with Gasteiger partial charge in [-0.1, -0.05) is 71.7 Å². The molecule has 3 fully saturated rings. The highest BCUT2D eigenvalue weighted by molar-refractivity contribution is 6.03. The van der Waals surface area contributed by atoms with Crippen LogP contribution in [0.25, 0.3) is 0 Å². The summed E-state index contributed by atoms with van der Waals surface area (Å²) in [7, 11) is 0. The number of benzene rings is 1. The van der Waals surface area contributed by atoms with E-state index in [0.717, 1.165) is 12.8 Å². The van der Waals surface area contributed by atoms with Gasteiger partial charge in [-0.25, -0.2) is 0 Å². The van der Waals surface area contributed by atoms with Crippen LogP contribution in [0.2, 0.25) is 0 Å². The molecular formula is C31H43N3O4. The number of hydrogen-bond acceptors (Lipinski definition) is 4. The van der Waals surface area contributed by atoms with Gasteiger partial charge in [-0.3, -0.25) is 14.4 Å². The van der Waals surface area contributed by atoms with Crippen LogP contribution < -0.4 is 10.6 Å². The molecule has 0 radical (unpaired) electrons. The van der Waals surface area contributed by atoms with Gasteiger partial charge < -0.3 is 20.3 Å². The van der Waals surface area contributed by atoms with Gasteiger partial charge in [0.1, 0.15) is 11.6 Å². The third-order valence-corrected chi connectivity index (χ3v) is 9.81. The van der Waals surface area contributed by atoms with Gasteiger partial charge in [-0.2, -0.15) is 0 Å². The van der Waals surface area contributed by atoms with Crippen molar-refractivity contribution >= 4 is 23.4 Å². The highest BCUT2D eigenvalue weighted by Crippen LogP contribution is 2.56. The smallest absolute Gasteiger partial charge is 0.246 e. The van der Waals surface area contributed by atoms with Gasteiger partial charge in [0.25, 0.3) is 0 Å². The number of nitrogens with one attached hydrogen (secondary N) is 2. The lowest BCUT2D eigenvalue weighted by molar-refractivity contribution is -0.144. The fourth-order valence-electron chi connectivity index (χ4n) is 7.10. The Kier molecular flexibility index (Phi) is 7.18. The van der Waals surface area contributed by atoms with E-state index in [-0.39, 0.29) is 29.8 Å². The van der Waals surface area contributed by atoms with E-state index in [2.05, 4.69) is 38.3 Å². The second-order valence-corrected chi connectivity index (χ2v) is 12.4. The van der Waals surface area contributed by atoms with Crippen LogP contribution in [0.1, 0.15) is 78.7 Å². The lowest BCUT2D eigenvalue weighted by Gasteiger charge is -2.39. The number of carbonyl (C=O) groups is 3. The Hall–Kier alpha value is -2.67. The molecule has 0 unspecified atom stereocenters. The number of anilines is 1. The van der Waals surface area contributed by atoms with Gasteiger partial charge in [0.15, 0.2) is 0 Å². The highest BCUT2D eigenvalue weighted by atomic mass is 16.5. The molecule has 1 aromatic carbocycles. The van der Waals surface area contributed by atoms with Gasteiger partial charge in [0.2, 0.25) is 17.7 Å². The average molecular weight is 522 g/mol. The lowest BCUT2D eigenvalue weighted by atomic mass is 9.73. The third kappa shape index (κ3) is 4.27. The summed E-state index contributed by atoms with van der Waals surface area (Å²) in [5.41, 5.74) is 0.764. The molecule has 9 atom stereocenters. The second kappa shape index (κ2) is 10.1. The van der Waals surface area contributed by atoms with Crippen LogP contribution in [0, 0.1) is 23.7 Å². The second-order valence-electron chi connectivity index (χ2n) is 12.4. The van der Waals surface area contributed by atoms with Gasteiger partial charge in [0.05, 0.1) is 17.9 Å². The summed E-state index contributed by atoms with van der Waals surface area (Å²) in [6.07, 6.45) is 7.15. The van der Waals surface area contributed by atoms with Crippen molar-refractivity contribution in [1.82, 2.24) is 10.2 Å². The molecule has 4 aliphatic rings. The maximum Gasteiger partial charge on any atom is 0.246 e. The topological polar surface area (TPSA) is 87.7 Å². The minimum Gasteiger partial charge on any atom is -0.359 e. The number of hydrogen-bond donors (Lipinski definition) is 2. The maximum absolute atomic E-state index is 14.0. The van der Waals surface area contributed by atoms with Crippen molar-refractivity contribution in [2.75, 3.05) is 5.32 Å². The first-order chi connectivity index (χ1) is 18.1. The zero-order valence-corrected chi connectivity index (χ0v) is 23.6. The Balaban J connectivity index is 1.42. The first-order valence-electron chi connectivity index (χ1n) is 14.5. The summed E-state index contributed by atoms with van der Waals surface area (Å²) in [5, 5.41) is 6.33. The molecule has 0 aromatic heterocycles. The predicted octanol–water partition coefficient (Wildman–Crippen LogP) is 4.64. The van der Waals surface area contributed by atoms with Crippen molar-refractivity contribution in [2.45, 2.75) is 103 Å². The molecule has 2 bridgehead atoms. The Bertz CT molecular complexity index is 1110. The maximum atomic E-state index is 14.0. The molecule has 3 amide bonds. The van der Waals surface area contributed by atoms with Crippen LogP contribution in [0.15, 0.2) is 36.4 Å². The van der Waals surface area contributed by atoms with E-state index < -0.39 is 29.6 Å². The minimum absolute atomic E-state index is 0.0751. The molecule has 7 heteroatoms. The standard InChI is InChI=1S/C31H43N3O4/c1-7-19(5)34-27(29(36)33-23-10-8-9-18(4)20(23)6)31-16-15-24(38-31)25(26(31)30(34)37)28(35)32-22-13-11-21(12-14-22)17(2)3/h11-20,23-27H,7-10H2,1-6H3,(H,32,35)(H,33,36)/t18-,19-,20-,23+,24+,25+,26+,27-,31-/m0/s1. The Morgan fingerprint density at radius 1 is 1.11 bits per heavy atom. The number of rotatable bonds is 7. The summed E-state index contributed by atoms with van der Waals surface area (Å²) >= 11 is 0. The van der Waals surface area contributed by atoms with E-state index in [1.807, 2.05) is 50.3 Å². The molecule has 3 heterocycles. The van der Waals surface area contributed by atoms with Gasteiger partial charge in [-0.05, 0) is 55.2 Å². The molecule has 1 spiro atoms. The molecule has 1 saturated carbocycles. The number of fused-ring (bicyclic) bond motifs is 1. The summed E-state index contributed by atoms with van der Waals surface area (Å²) < 4.78 is 6.48. The first-order valence-corrected chi connectivity index (χ1v) is 14.5. The zero-order valence-electron chi connectivity index (χ0n) is 23.6. The largest absolute Gasteiger partial charge is 0.359 e. The highest BCUT2D eigenvalue weighted by Gasteiger charge is 2.73. The molecule has 1 aromatic rings. The average Bonchev–Trinajstić information content (AvgIpc) is 3.54. The van der Waals surface area contributed by atoms with Crippen LogP contribution in [0.4, 0.5) is 5.69 Å². The van der Waals surface area contributed by atoms with Crippen molar-refractivity contribution in [3.8, 4) is 0 Å². The van der Waals surface area contributed by atoms with E-state index in [4.69, 9.17) is 4.74 Å². The summed E-state index contributed by atoms with van der Waals surface area (Å²) in [4.78, 5) is 43.4. The van der Waals surface area contributed by atoms with Crippen molar-refractivity contribution in [2.24, 2.45) is 23.7 Å². The van der Waals surface area contributed by atoms with Crippen molar-refractivity contribution in [1.29, 1.82) is 0 Å². The van der Waals surface area contributed by atoms with E-state index in [1.165, 1.54) is 12.0 Å². The lowest BCUT2D eigenvalue weighted by Crippen LogP contribution is -2.59. The van der Waals surface area contributed by atoms with Crippen molar-refractivity contribution in [3.63, 3.8) is 0 Å². The zero-order chi connectivity index (χ0) is 27.4. The minimum atomic E-state index is -1.12. The molecule has 7 nitrogen and oxygen atoms in total. The monoisotopic (exact) mass is 521 g/mol. The van der Waals surface area contributed by atoms with Crippen LogP contribution >= 0.6 is 0 Å². The number of ether oxygens (including phenoxy) is 1. The quantitative estimate of drug-likeness (QED) is 0.512. The molecular weight excluding hydrogens is 478 g/mol. The molecule has 3 aliphatic heterocycles. The van der Waals surface area contributed by atoms with E-state index in [1.54, 1.807) is 4.90 Å². The molecule has 2 N–H and O–H groups in total. The molecule has 206 valence electrons. The summed E-state index contributed by atoms with van der Waals surface area (Å²) in [6, 6.07) is 6.96. The van der Waals surface area contributed by atoms with E-state index in [0.29, 0.717) is 29.9 Å². The molecule has 2 saturated heterocycles. The fraction of sp³-hybridized carbons (Fsp3) is 0.645. The van der Waals surface area contributed by atoms with Crippen molar-refractivity contribution < 1.29 is 19.1 Å². The van der Waals surface area contributed by atoms with Crippen LogP contribution in [-0.4, -0.2) is 52.5 Å². The number of nitrogens with zero attached hydrogens (tertiary/aromatic N) is 1. The van der Waals surface area contributed by atoms with Gasteiger partial charge >= 0.3 is 0 Å². The van der Waals surface area contributed by atoms with Crippen molar-refractivity contribution in [3.05, 3.63) is 42.0 Å². The third-order valence-electron chi connectivity index (χ3n) is 9.81. The normalized spacial score (nSPS) is 36.4. The predicted molar refractivity (Wildman–Crippen MR) is 147 cm³/mol. The SMILES string of the molecule is CC[C@H](C)N1C(=O)[C@H]2[C@H](C(=O)Nc3ccc(C(C)C)cc3)[C@H]3C=C[C@@]2(O3)[C@@H]1C(=O)N[C@@H]1CCC[C@H](C)[C@@H]1C. The number of carbonyl (C=O) groups excluding carboxylic acids is 3. The van der Waals surface area contributed by atoms with Gasteiger partial charge in [-0.15, -0.1) is 0 Å². The van der Waals surface area contributed by atoms with Gasteiger partial charge in [0, 0.05) is 17.8 Å². The van der Waals surface area contributed by atoms with E-state index >= 15 is 0 Å². The summed E-state index contributed by atoms with van der Waals surface area (Å²) in [5.74, 6) is -0.667. The fourth-order valence-corrected chi connectivity index (χ4v) is 7.10. The molecule has 38 heavy (non-hydrogen) atoms. The first kappa shape index (κ1) is 26.9. The Morgan fingerprint density at radius 3 is 2.47 bits per heavy atom. The number of amides is 3. The molecule has 1 aliphatic carbocycles. The Labute approximate surface area is 226 Å².